The lowest BCUT2D eigenvalue weighted by Gasteiger charge is -2.12. The molecule has 0 aliphatic heterocycles. The Morgan fingerprint density at radius 3 is 2.10 bits per heavy atom. The summed E-state index contributed by atoms with van der Waals surface area (Å²) in [5.41, 5.74) is 1.43. The predicted molar refractivity (Wildman–Crippen MR) is 87.5 cm³/mol. The molecule has 0 bridgehead atoms. The molecule has 0 radical (unpaired) electrons. The van der Waals surface area contributed by atoms with E-state index in [1.165, 1.54) is 6.07 Å². The molecule has 0 aromatic heterocycles. The summed E-state index contributed by atoms with van der Waals surface area (Å²) in [5, 5.41) is 3.43. The van der Waals surface area contributed by atoms with Gasteiger partial charge in [-0.05, 0) is 50.2 Å². The van der Waals surface area contributed by atoms with Gasteiger partial charge in [-0.1, -0.05) is 23.7 Å². The summed E-state index contributed by atoms with van der Waals surface area (Å²) >= 11 is 5.93. The molecular formula is C15H17ClN2O2S. The van der Waals surface area contributed by atoms with E-state index in [4.69, 9.17) is 11.6 Å². The summed E-state index contributed by atoms with van der Waals surface area (Å²) in [6, 6.07) is 13.7. The van der Waals surface area contributed by atoms with E-state index < -0.39 is 10.0 Å². The van der Waals surface area contributed by atoms with Gasteiger partial charge in [0.25, 0.3) is 10.0 Å². The Hall–Kier alpha value is -1.72. The van der Waals surface area contributed by atoms with Crippen LogP contribution in [-0.4, -0.2) is 14.5 Å². The lowest BCUT2D eigenvalue weighted by atomic mass is 10.2. The van der Waals surface area contributed by atoms with Crippen molar-refractivity contribution in [3.05, 3.63) is 53.6 Å². The number of nitrogens with one attached hydrogen (secondary N) is 2. The van der Waals surface area contributed by atoms with Crippen LogP contribution < -0.4 is 10.0 Å². The zero-order valence-corrected chi connectivity index (χ0v) is 13.4. The van der Waals surface area contributed by atoms with Crippen LogP contribution in [0.2, 0.25) is 5.02 Å². The molecule has 0 aliphatic rings. The first-order valence-electron chi connectivity index (χ1n) is 6.52. The van der Waals surface area contributed by atoms with Gasteiger partial charge in [0.2, 0.25) is 0 Å². The molecule has 2 aromatic carbocycles. The topological polar surface area (TPSA) is 58.2 Å². The van der Waals surface area contributed by atoms with Crippen LogP contribution in [0.3, 0.4) is 0 Å². The second kappa shape index (κ2) is 6.37. The number of benzene rings is 2. The molecule has 2 N–H and O–H groups in total. The maximum atomic E-state index is 12.3. The van der Waals surface area contributed by atoms with Crippen molar-refractivity contribution in [2.45, 2.75) is 24.8 Å². The van der Waals surface area contributed by atoms with Crippen molar-refractivity contribution in [1.29, 1.82) is 0 Å². The molecule has 6 heteroatoms. The highest BCUT2D eigenvalue weighted by atomic mass is 35.5. The molecule has 2 rings (SSSR count). The first-order chi connectivity index (χ1) is 9.88. The van der Waals surface area contributed by atoms with Crippen LogP contribution >= 0.6 is 11.6 Å². The quantitative estimate of drug-likeness (QED) is 0.875. The number of halogens is 1. The summed E-state index contributed by atoms with van der Waals surface area (Å²) in [4.78, 5) is 0.0658. The van der Waals surface area contributed by atoms with Gasteiger partial charge in [-0.15, -0.1) is 0 Å². The Balaban J connectivity index is 2.19. The van der Waals surface area contributed by atoms with Crippen LogP contribution in [0.4, 0.5) is 11.4 Å². The Labute approximate surface area is 130 Å². The molecule has 4 nitrogen and oxygen atoms in total. The molecule has 0 unspecified atom stereocenters. The van der Waals surface area contributed by atoms with E-state index in [0.717, 1.165) is 5.69 Å². The molecule has 0 atom stereocenters. The minimum absolute atomic E-state index is 0.0658. The van der Waals surface area contributed by atoms with E-state index in [0.29, 0.717) is 11.7 Å². The molecule has 2 aromatic rings. The van der Waals surface area contributed by atoms with Gasteiger partial charge >= 0.3 is 0 Å². The molecule has 0 heterocycles. The molecule has 21 heavy (non-hydrogen) atoms. The van der Waals surface area contributed by atoms with Crippen LogP contribution in [0.5, 0.6) is 0 Å². The van der Waals surface area contributed by atoms with Crippen molar-refractivity contribution in [3.63, 3.8) is 0 Å². The third-order valence-corrected chi connectivity index (χ3v) is 4.60. The SMILES string of the molecule is CC(C)Nc1ccc(NS(=O)(=O)c2ccccc2Cl)cc1. The summed E-state index contributed by atoms with van der Waals surface area (Å²) in [6.07, 6.45) is 0. The molecule has 0 fully saturated rings. The number of sulfonamides is 1. The fraction of sp³-hybridized carbons (Fsp3) is 0.200. The average molecular weight is 325 g/mol. The van der Waals surface area contributed by atoms with E-state index in [2.05, 4.69) is 10.0 Å². The summed E-state index contributed by atoms with van der Waals surface area (Å²) in [5.74, 6) is 0. The van der Waals surface area contributed by atoms with Crippen molar-refractivity contribution in [3.8, 4) is 0 Å². The first-order valence-corrected chi connectivity index (χ1v) is 8.38. The van der Waals surface area contributed by atoms with Crippen molar-refractivity contribution in [1.82, 2.24) is 0 Å². The van der Waals surface area contributed by atoms with Gasteiger partial charge in [0.1, 0.15) is 4.90 Å². The largest absolute Gasteiger partial charge is 0.383 e. The monoisotopic (exact) mass is 324 g/mol. The second-order valence-electron chi connectivity index (χ2n) is 4.91. The third kappa shape index (κ3) is 4.12. The molecule has 0 amide bonds. The average Bonchev–Trinajstić information content (AvgIpc) is 2.40. The summed E-state index contributed by atoms with van der Waals surface area (Å²) in [7, 11) is -3.68. The van der Waals surface area contributed by atoms with Gasteiger partial charge in [-0.25, -0.2) is 8.42 Å². The van der Waals surface area contributed by atoms with Gasteiger partial charge in [0, 0.05) is 17.4 Å². The predicted octanol–water partition coefficient (Wildman–Crippen LogP) is 3.96. The van der Waals surface area contributed by atoms with Crippen molar-refractivity contribution >= 4 is 33.0 Å². The van der Waals surface area contributed by atoms with Gasteiger partial charge < -0.3 is 5.32 Å². The van der Waals surface area contributed by atoms with E-state index in [-0.39, 0.29) is 9.92 Å². The highest BCUT2D eigenvalue weighted by molar-refractivity contribution is 7.92. The van der Waals surface area contributed by atoms with Gasteiger partial charge in [-0.3, -0.25) is 4.72 Å². The van der Waals surface area contributed by atoms with Crippen molar-refractivity contribution in [2.24, 2.45) is 0 Å². The van der Waals surface area contributed by atoms with Crippen molar-refractivity contribution in [2.75, 3.05) is 10.0 Å². The Morgan fingerprint density at radius 1 is 0.952 bits per heavy atom. The van der Waals surface area contributed by atoms with Gasteiger partial charge in [-0.2, -0.15) is 0 Å². The summed E-state index contributed by atoms with van der Waals surface area (Å²) < 4.78 is 27.1. The van der Waals surface area contributed by atoms with E-state index >= 15 is 0 Å². The Morgan fingerprint density at radius 2 is 1.52 bits per heavy atom. The van der Waals surface area contributed by atoms with Crippen LogP contribution in [0.1, 0.15) is 13.8 Å². The first kappa shape index (κ1) is 15.7. The number of anilines is 2. The highest BCUT2D eigenvalue weighted by Crippen LogP contribution is 2.24. The van der Waals surface area contributed by atoms with Gasteiger partial charge in [0.05, 0.1) is 5.02 Å². The van der Waals surface area contributed by atoms with Crippen LogP contribution in [-0.2, 0) is 10.0 Å². The molecule has 0 saturated heterocycles. The van der Waals surface area contributed by atoms with Crippen LogP contribution in [0.15, 0.2) is 53.4 Å². The maximum absolute atomic E-state index is 12.3. The highest BCUT2D eigenvalue weighted by Gasteiger charge is 2.17. The smallest absolute Gasteiger partial charge is 0.263 e. The second-order valence-corrected chi connectivity index (χ2v) is 6.97. The van der Waals surface area contributed by atoms with Crippen LogP contribution in [0.25, 0.3) is 0 Å². The maximum Gasteiger partial charge on any atom is 0.263 e. The standard InChI is InChI=1S/C15H17ClN2O2S/c1-11(2)17-12-7-9-13(10-8-12)18-21(19,20)15-6-4-3-5-14(15)16/h3-11,17-18H,1-2H3. The van der Waals surface area contributed by atoms with E-state index in [1.807, 2.05) is 26.0 Å². The zero-order valence-electron chi connectivity index (χ0n) is 11.8. The molecular weight excluding hydrogens is 308 g/mol. The Bertz CT molecular complexity index is 713. The zero-order chi connectivity index (χ0) is 15.5. The Kier molecular flexibility index (Phi) is 4.75. The fourth-order valence-electron chi connectivity index (χ4n) is 1.84. The van der Waals surface area contributed by atoms with E-state index in [9.17, 15) is 8.42 Å². The molecule has 0 aliphatic carbocycles. The minimum Gasteiger partial charge on any atom is -0.383 e. The molecule has 0 spiro atoms. The number of hydrogen-bond donors (Lipinski definition) is 2. The van der Waals surface area contributed by atoms with Gasteiger partial charge in [0.15, 0.2) is 0 Å². The van der Waals surface area contributed by atoms with Crippen LogP contribution in [0, 0.1) is 0 Å². The summed E-state index contributed by atoms with van der Waals surface area (Å²) in [6.45, 7) is 4.07. The normalized spacial score (nSPS) is 11.4. The third-order valence-electron chi connectivity index (χ3n) is 2.72. The van der Waals surface area contributed by atoms with E-state index in [1.54, 1.807) is 30.3 Å². The number of hydrogen-bond acceptors (Lipinski definition) is 3. The number of rotatable bonds is 5. The lowest BCUT2D eigenvalue weighted by Crippen LogP contribution is -2.13. The lowest BCUT2D eigenvalue weighted by molar-refractivity contribution is 0.601. The molecule has 112 valence electrons. The minimum atomic E-state index is -3.68. The molecule has 0 saturated carbocycles. The fourth-order valence-corrected chi connectivity index (χ4v) is 3.42. The van der Waals surface area contributed by atoms with Crippen molar-refractivity contribution < 1.29 is 8.42 Å².